The van der Waals surface area contributed by atoms with Crippen LogP contribution in [0.15, 0.2) is 0 Å². The first-order chi connectivity index (χ1) is 7.65. The number of aliphatic carboxylic acids is 1. The van der Waals surface area contributed by atoms with Gasteiger partial charge in [0, 0.05) is 13.0 Å². The van der Waals surface area contributed by atoms with Gasteiger partial charge in [-0.2, -0.15) is 0 Å². The van der Waals surface area contributed by atoms with Crippen molar-refractivity contribution in [3.63, 3.8) is 0 Å². The van der Waals surface area contributed by atoms with E-state index in [-0.39, 0.29) is 25.0 Å². The highest BCUT2D eigenvalue weighted by molar-refractivity contribution is 5.86. The summed E-state index contributed by atoms with van der Waals surface area (Å²) in [7, 11) is 0. The van der Waals surface area contributed by atoms with E-state index in [9.17, 15) is 9.59 Å². The molecule has 1 aliphatic heterocycles. The first-order valence-corrected chi connectivity index (χ1v) is 5.52. The van der Waals surface area contributed by atoms with Gasteiger partial charge in [0.2, 0.25) is 5.91 Å². The smallest absolute Gasteiger partial charge is 0.326 e. The molecule has 0 spiro atoms. The van der Waals surface area contributed by atoms with Crippen LogP contribution in [-0.2, 0) is 9.59 Å². The summed E-state index contributed by atoms with van der Waals surface area (Å²) in [5.41, 5.74) is 0. The van der Waals surface area contributed by atoms with Crippen LogP contribution >= 0.6 is 0 Å². The van der Waals surface area contributed by atoms with Gasteiger partial charge in [0.15, 0.2) is 0 Å². The van der Waals surface area contributed by atoms with E-state index in [0.717, 1.165) is 25.8 Å². The normalized spacial score (nSPS) is 22.4. The Morgan fingerprint density at radius 3 is 2.69 bits per heavy atom. The van der Waals surface area contributed by atoms with Crippen molar-refractivity contribution in [3.05, 3.63) is 0 Å². The number of aliphatic hydroxyl groups is 1. The zero-order valence-electron chi connectivity index (χ0n) is 9.11. The van der Waals surface area contributed by atoms with E-state index in [2.05, 4.69) is 10.6 Å². The van der Waals surface area contributed by atoms with E-state index in [1.165, 1.54) is 0 Å². The van der Waals surface area contributed by atoms with Gasteiger partial charge in [0.1, 0.15) is 6.04 Å². The molecule has 4 N–H and O–H groups in total. The third-order valence-electron chi connectivity index (χ3n) is 2.66. The second-order valence-corrected chi connectivity index (χ2v) is 3.91. The molecule has 0 radical (unpaired) electrons. The summed E-state index contributed by atoms with van der Waals surface area (Å²) in [5.74, 6) is -1.40. The van der Waals surface area contributed by atoms with Gasteiger partial charge in [0.25, 0.3) is 0 Å². The fraction of sp³-hybridized carbons (Fsp3) is 0.800. The molecule has 6 nitrogen and oxygen atoms in total. The molecule has 2 atom stereocenters. The van der Waals surface area contributed by atoms with Gasteiger partial charge < -0.3 is 20.8 Å². The number of amides is 1. The van der Waals surface area contributed by atoms with Gasteiger partial charge >= 0.3 is 5.97 Å². The minimum Gasteiger partial charge on any atom is -0.480 e. The molecule has 0 aromatic rings. The molecular formula is C10H18N2O4. The van der Waals surface area contributed by atoms with Crippen LogP contribution < -0.4 is 10.6 Å². The molecular weight excluding hydrogens is 212 g/mol. The SMILES string of the molecule is O=C(N[C@@H](CCO)C(=O)O)C1CCCCN1. The quantitative estimate of drug-likeness (QED) is 0.489. The van der Waals surface area contributed by atoms with Crippen LogP contribution in [0.2, 0.25) is 0 Å². The average Bonchev–Trinajstić information content (AvgIpc) is 2.29. The maximum absolute atomic E-state index is 11.7. The minimum absolute atomic E-state index is 0.0355. The molecule has 92 valence electrons. The van der Waals surface area contributed by atoms with Crippen molar-refractivity contribution in [1.29, 1.82) is 0 Å². The van der Waals surface area contributed by atoms with Crippen LogP contribution in [0.1, 0.15) is 25.7 Å². The largest absolute Gasteiger partial charge is 0.480 e. The Morgan fingerprint density at radius 1 is 1.44 bits per heavy atom. The zero-order chi connectivity index (χ0) is 12.0. The number of piperidine rings is 1. The first kappa shape index (κ1) is 12.9. The molecule has 16 heavy (non-hydrogen) atoms. The number of aliphatic hydroxyl groups excluding tert-OH is 1. The monoisotopic (exact) mass is 230 g/mol. The fourth-order valence-electron chi connectivity index (χ4n) is 1.73. The van der Waals surface area contributed by atoms with Crippen molar-refractivity contribution in [3.8, 4) is 0 Å². The van der Waals surface area contributed by atoms with E-state index < -0.39 is 12.0 Å². The Balaban J connectivity index is 2.43. The lowest BCUT2D eigenvalue weighted by Gasteiger charge is -2.24. The van der Waals surface area contributed by atoms with E-state index in [4.69, 9.17) is 10.2 Å². The summed E-state index contributed by atoms with van der Waals surface area (Å²) < 4.78 is 0. The minimum atomic E-state index is -1.11. The van der Waals surface area contributed by atoms with Crippen molar-refractivity contribution >= 4 is 11.9 Å². The molecule has 0 aromatic carbocycles. The molecule has 6 heteroatoms. The van der Waals surface area contributed by atoms with Gasteiger partial charge in [-0.1, -0.05) is 6.42 Å². The number of rotatable bonds is 5. The van der Waals surface area contributed by atoms with Crippen molar-refractivity contribution in [2.45, 2.75) is 37.8 Å². The van der Waals surface area contributed by atoms with Crippen LogP contribution in [-0.4, -0.2) is 47.3 Å². The number of nitrogens with one attached hydrogen (secondary N) is 2. The molecule has 0 bridgehead atoms. The van der Waals surface area contributed by atoms with E-state index >= 15 is 0 Å². The maximum atomic E-state index is 11.7. The number of hydrogen-bond donors (Lipinski definition) is 4. The van der Waals surface area contributed by atoms with Crippen molar-refractivity contribution in [2.75, 3.05) is 13.2 Å². The van der Waals surface area contributed by atoms with Crippen LogP contribution in [0.5, 0.6) is 0 Å². The lowest BCUT2D eigenvalue weighted by molar-refractivity contribution is -0.142. The lowest BCUT2D eigenvalue weighted by Crippen LogP contribution is -2.51. The van der Waals surface area contributed by atoms with Gasteiger partial charge in [-0.05, 0) is 19.4 Å². The Hall–Kier alpha value is -1.14. The molecule has 1 rings (SSSR count). The molecule has 1 fully saturated rings. The fourth-order valence-corrected chi connectivity index (χ4v) is 1.73. The number of carbonyl (C=O) groups excluding carboxylic acids is 1. The third-order valence-corrected chi connectivity index (χ3v) is 2.66. The molecule has 1 unspecified atom stereocenters. The Morgan fingerprint density at radius 2 is 2.19 bits per heavy atom. The average molecular weight is 230 g/mol. The Labute approximate surface area is 94.0 Å². The van der Waals surface area contributed by atoms with Crippen molar-refractivity contribution < 1.29 is 19.8 Å². The summed E-state index contributed by atoms with van der Waals surface area (Å²) in [6.07, 6.45) is 2.79. The summed E-state index contributed by atoms with van der Waals surface area (Å²) in [4.78, 5) is 22.4. The summed E-state index contributed by atoms with van der Waals surface area (Å²) >= 11 is 0. The second kappa shape index (κ2) is 6.44. The van der Waals surface area contributed by atoms with E-state index in [1.54, 1.807) is 0 Å². The predicted octanol–water partition coefficient (Wildman–Crippen LogP) is -0.920. The van der Waals surface area contributed by atoms with Gasteiger partial charge in [0.05, 0.1) is 6.04 Å². The van der Waals surface area contributed by atoms with Crippen LogP contribution in [0.4, 0.5) is 0 Å². The maximum Gasteiger partial charge on any atom is 0.326 e. The predicted molar refractivity (Wildman–Crippen MR) is 56.9 cm³/mol. The Bertz CT molecular complexity index is 251. The number of carboxylic acids is 1. The molecule has 0 aromatic heterocycles. The van der Waals surface area contributed by atoms with Crippen LogP contribution in [0.3, 0.4) is 0 Å². The van der Waals surface area contributed by atoms with E-state index in [1.807, 2.05) is 0 Å². The Kier molecular flexibility index (Phi) is 5.21. The first-order valence-electron chi connectivity index (χ1n) is 5.52. The van der Waals surface area contributed by atoms with Gasteiger partial charge in [-0.25, -0.2) is 4.79 Å². The summed E-state index contributed by atoms with van der Waals surface area (Å²) in [6, 6.07) is -1.30. The third kappa shape index (κ3) is 3.79. The number of hydrogen-bond acceptors (Lipinski definition) is 4. The lowest BCUT2D eigenvalue weighted by atomic mass is 10.0. The molecule has 1 saturated heterocycles. The summed E-state index contributed by atoms with van der Waals surface area (Å²) in [6.45, 7) is 0.533. The highest BCUT2D eigenvalue weighted by atomic mass is 16.4. The zero-order valence-corrected chi connectivity index (χ0v) is 9.11. The van der Waals surface area contributed by atoms with Crippen molar-refractivity contribution in [2.24, 2.45) is 0 Å². The standard InChI is InChI=1S/C10H18N2O4/c13-6-4-8(10(15)16)12-9(14)7-3-1-2-5-11-7/h7-8,11,13H,1-6H2,(H,12,14)(H,15,16)/t7?,8-/m0/s1. The molecule has 0 saturated carbocycles. The molecule has 1 aliphatic rings. The number of carbonyl (C=O) groups is 2. The highest BCUT2D eigenvalue weighted by Crippen LogP contribution is 2.07. The highest BCUT2D eigenvalue weighted by Gasteiger charge is 2.25. The molecule has 1 heterocycles. The topological polar surface area (TPSA) is 98.7 Å². The van der Waals surface area contributed by atoms with Gasteiger partial charge in [-0.15, -0.1) is 0 Å². The summed E-state index contributed by atoms with van der Waals surface area (Å²) in [5, 5.41) is 22.9. The van der Waals surface area contributed by atoms with Crippen molar-refractivity contribution in [1.82, 2.24) is 10.6 Å². The van der Waals surface area contributed by atoms with Gasteiger partial charge in [-0.3, -0.25) is 4.79 Å². The molecule has 0 aliphatic carbocycles. The van der Waals surface area contributed by atoms with E-state index in [0.29, 0.717) is 0 Å². The second-order valence-electron chi connectivity index (χ2n) is 3.91. The van der Waals surface area contributed by atoms with Crippen LogP contribution in [0, 0.1) is 0 Å². The van der Waals surface area contributed by atoms with Crippen LogP contribution in [0.25, 0.3) is 0 Å². The number of carboxylic acid groups (broad SMARTS) is 1. The molecule has 1 amide bonds.